The zero-order valence-corrected chi connectivity index (χ0v) is 19.3. The van der Waals surface area contributed by atoms with Gasteiger partial charge in [0, 0.05) is 36.6 Å². The van der Waals surface area contributed by atoms with Gasteiger partial charge in [0.05, 0.1) is 0 Å². The Kier molecular flexibility index (Phi) is 6.99. The van der Waals surface area contributed by atoms with Crippen LogP contribution in [0.5, 0.6) is 0 Å². The maximum Gasteiger partial charge on any atom is 0.258 e. The minimum absolute atomic E-state index is 0.0976. The lowest BCUT2D eigenvalue weighted by Crippen LogP contribution is -2.27. The van der Waals surface area contributed by atoms with Gasteiger partial charge in [0.25, 0.3) is 11.8 Å². The van der Waals surface area contributed by atoms with Crippen molar-refractivity contribution < 1.29 is 9.59 Å². The van der Waals surface area contributed by atoms with Crippen molar-refractivity contribution in [3.8, 4) is 0 Å². The van der Waals surface area contributed by atoms with Gasteiger partial charge in [-0.3, -0.25) is 9.59 Å². The summed E-state index contributed by atoms with van der Waals surface area (Å²) in [6, 6.07) is 34.1. The molecule has 168 valence electrons. The van der Waals surface area contributed by atoms with Gasteiger partial charge in [-0.05, 0) is 47.5 Å². The number of benzene rings is 4. The number of hydrogen-bond acceptors (Lipinski definition) is 2. The highest BCUT2D eigenvalue weighted by Crippen LogP contribution is 2.22. The maximum absolute atomic E-state index is 13.2. The molecule has 0 saturated carbocycles. The van der Waals surface area contributed by atoms with Crippen LogP contribution in [0.25, 0.3) is 12.2 Å². The quantitative estimate of drug-likeness (QED) is 0.321. The number of nitrogens with zero attached hydrogens (tertiary/aromatic N) is 2. The Balaban J connectivity index is 1.62. The number of hydrogen-bond donors (Lipinski definition) is 0. The van der Waals surface area contributed by atoms with E-state index in [1.807, 2.05) is 121 Å². The molecule has 4 heteroatoms. The van der Waals surface area contributed by atoms with Crippen molar-refractivity contribution in [2.75, 3.05) is 23.9 Å². The minimum Gasteiger partial charge on any atom is -0.311 e. The molecule has 4 rings (SSSR count). The van der Waals surface area contributed by atoms with Gasteiger partial charge < -0.3 is 9.80 Å². The predicted octanol–water partition coefficient (Wildman–Crippen LogP) is 6.41. The van der Waals surface area contributed by atoms with E-state index in [1.165, 1.54) is 0 Å². The van der Waals surface area contributed by atoms with E-state index in [4.69, 9.17) is 0 Å². The molecule has 4 aromatic rings. The number of para-hydroxylation sites is 2. The Labute approximate surface area is 200 Å². The minimum atomic E-state index is -0.0976. The number of amides is 2. The molecule has 0 radical (unpaired) electrons. The summed E-state index contributed by atoms with van der Waals surface area (Å²) in [5.74, 6) is -0.195. The normalized spacial score (nSPS) is 10.8. The molecule has 0 fully saturated rings. The van der Waals surface area contributed by atoms with Gasteiger partial charge in [-0.1, -0.05) is 84.9 Å². The third kappa shape index (κ3) is 4.97. The highest BCUT2D eigenvalue weighted by atomic mass is 16.2. The fourth-order valence-electron chi connectivity index (χ4n) is 3.75. The summed E-state index contributed by atoms with van der Waals surface area (Å²) in [4.78, 5) is 29.7. The van der Waals surface area contributed by atoms with Gasteiger partial charge in [-0.25, -0.2) is 0 Å². The van der Waals surface area contributed by atoms with E-state index < -0.39 is 0 Å². The second kappa shape index (κ2) is 10.5. The SMILES string of the molecule is CN(C(=O)c1ccccc1/C=C/c1ccccc1C(=O)N(C)c1ccccc1)c1ccccc1. The van der Waals surface area contributed by atoms with Gasteiger partial charge in [-0.15, -0.1) is 0 Å². The van der Waals surface area contributed by atoms with E-state index >= 15 is 0 Å². The molecule has 4 nitrogen and oxygen atoms in total. The van der Waals surface area contributed by atoms with Crippen LogP contribution in [0.1, 0.15) is 31.8 Å². The third-order valence-electron chi connectivity index (χ3n) is 5.72. The summed E-state index contributed by atoms with van der Waals surface area (Å²) in [5.41, 5.74) is 4.41. The number of anilines is 2. The Morgan fingerprint density at radius 3 is 1.21 bits per heavy atom. The molecule has 0 unspecified atom stereocenters. The van der Waals surface area contributed by atoms with Crippen LogP contribution in [-0.2, 0) is 0 Å². The third-order valence-corrected chi connectivity index (χ3v) is 5.72. The summed E-state index contributed by atoms with van der Waals surface area (Å²) < 4.78 is 0. The van der Waals surface area contributed by atoms with E-state index in [0.29, 0.717) is 11.1 Å². The lowest BCUT2D eigenvalue weighted by Gasteiger charge is -2.19. The average Bonchev–Trinajstić information content (AvgIpc) is 2.91. The zero-order valence-electron chi connectivity index (χ0n) is 19.3. The fraction of sp³-hybridized carbons (Fsp3) is 0.0667. The topological polar surface area (TPSA) is 40.6 Å². The first-order valence-electron chi connectivity index (χ1n) is 11.1. The van der Waals surface area contributed by atoms with Crippen LogP contribution in [0.2, 0.25) is 0 Å². The summed E-state index contributed by atoms with van der Waals surface area (Å²) in [5, 5.41) is 0. The molecule has 0 spiro atoms. The second-order valence-electron chi connectivity index (χ2n) is 7.91. The van der Waals surface area contributed by atoms with E-state index in [9.17, 15) is 9.59 Å². The molecular weight excluding hydrogens is 420 g/mol. The van der Waals surface area contributed by atoms with Crippen molar-refractivity contribution >= 4 is 35.3 Å². The van der Waals surface area contributed by atoms with E-state index in [-0.39, 0.29) is 11.8 Å². The summed E-state index contributed by atoms with van der Waals surface area (Å²) in [7, 11) is 3.54. The van der Waals surface area contributed by atoms with Crippen LogP contribution in [0, 0.1) is 0 Å². The highest BCUT2D eigenvalue weighted by molar-refractivity contribution is 6.10. The molecular formula is C30H26N2O2. The summed E-state index contributed by atoms with van der Waals surface area (Å²) >= 11 is 0. The number of rotatable bonds is 6. The maximum atomic E-state index is 13.2. The summed E-state index contributed by atoms with van der Waals surface area (Å²) in [6.07, 6.45) is 3.78. The van der Waals surface area contributed by atoms with E-state index in [2.05, 4.69) is 0 Å². The molecule has 0 atom stereocenters. The molecule has 0 aliphatic carbocycles. The highest BCUT2D eigenvalue weighted by Gasteiger charge is 2.17. The molecule has 0 saturated heterocycles. The molecule has 4 aromatic carbocycles. The molecule has 0 aliphatic heterocycles. The standard InChI is InChI=1S/C30H26N2O2/c1-31(25-15-5-3-6-16-25)29(33)27-19-11-9-13-23(27)21-22-24-14-10-12-20-28(24)30(34)32(2)26-17-7-4-8-18-26/h3-22H,1-2H3/b22-21+. The number of carbonyl (C=O) groups is 2. The van der Waals surface area contributed by atoms with E-state index in [0.717, 1.165) is 22.5 Å². The van der Waals surface area contributed by atoms with Crippen molar-refractivity contribution in [3.63, 3.8) is 0 Å². The van der Waals surface area contributed by atoms with Crippen molar-refractivity contribution in [2.45, 2.75) is 0 Å². The number of carbonyl (C=O) groups excluding carboxylic acids is 2. The van der Waals surface area contributed by atoms with Crippen molar-refractivity contribution in [3.05, 3.63) is 131 Å². The molecule has 0 aliphatic rings. The van der Waals surface area contributed by atoms with Gasteiger partial charge in [0.15, 0.2) is 0 Å². The second-order valence-corrected chi connectivity index (χ2v) is 7.91. The molecule has 2 amide bonds. The van der Waals surface area contributed by atoms with Crippen LogP contribution in [0.15, 0.2) is 109 Å². The Hall–Kier alpha value is -4.44. The first-order chi connectivity index (χ1) is 16.6. The van der Waals surface area contributed by atoms with Crippen molar-refractivity contribution in [2.24, 2.45) is 0 Å². The van der Waals surface area contributed by atoms with E-state index in [1.54, 1.807) is 23.9 Å². The summed E-state index contributed by atoms with van der Waals surface area (Å²) in [6.45, 7) is 0. The lowest BCUT2D eigenvalue weighted by atomic mass is 10.0. The zero-order chi connectivity index (χ0) is 23.9. The van der Waals surface area contributed by atoms with Crippen molar-refractivity contribution in [1.82, 2.24) is 0 Å². The van der Waals surface area contributed by atoms with Gasteiger partial charge in [0.2, 0.25) is 0 Å². The van der Waals surface area contributed by atoms with Crippen LogP contribution in [-0.4, -0.2) is 25.9 Å². The first-order valence-corrected chi connectivity index (χ1v) is 11.1. The van der Waals surface area contributed by atoms with Crippen LogP contribution >= 0.6 is 0 Å². The Bertz CT molecular complexity index is 1210. The Morgan fingerprint density at radius 2 is 0.824 bits per heavy atom. The molecule has 0 aromatic heterocycles. The van der Waals surface area contributed by atoms with Gasteiger partial charge in [-0.2, -0.15) is 0 Å². The lowest BCUT2D eigenvalue weighted by molar-refractivity contribution is 0.0985. The van der Waals surface area contributed by atoms with Gasteiger partial charge in [0.1, 0.15) is 0 Å². The molecule has 0 bridgehead atoms. The molecule has 0 N–H and O–H groups in total. The average molecular weight is 447 g/mol. The fourth-order valence-corrected chi connectivity index (χ4v) is 3.75. The van der Waals surface area contributed by atoms with Crippen LogP contribution in [0.4, 0.5) is 11.4 Å². The predicted molar refractivity (Wildman–Crippen MR) is 140 cm³/mol. The smallest absolute Gasteiger partial charge is 0.258 e. The van der Waals surface area contributed by atoms with Crippen LogP contribution in [0.3, 0.4) is 0 Å². The van der Waals surface area contributed by atoms with Crippen LogP contribution < -0.4 is 9.80 Å². The Morgan fingerprint density at radius 1 is 0.500 bits per heavy atom. The van der Waals surface area contributed by atoms with Gasteiger partial charge >= 0.3 is 0 Å². The molecule has 34 heavy (non-hydrogen) atoms. The van der Waals surface area contributed by atoms with Crippen molar-refractivity contribution in [1.29, 1.82) is 0 Å². The first kappa shape index (κ1) is 22.7. The largest absolute Gasteiger partial charge is 0.311 e. The molecule has 0 heterocycles. The monoisotopic (exact) mass is 446 g/mol.